The number of nitrogen functional groups attached to an aromatic ring is 1. The van der Waals surface area contributed by atoms with Gasteiger partial charge in [-0.05, 0) is 6.26 Å². The molecule has 0 aromatic carbocycles. The summed E-state index contributed by atoms with van der Waals surface area (Å²) in [6.07, 6.45) is -2.66. The molecule has 3 heterocycles. The minimum Gasteiger partial charge on any atom is -0.387 e. The van der Waals surface area contributed by atoms with Gasteiger partial charge in [-0.2, -0.15) is 4.31 Å². The standard InChI is InChI=1S/C11H17N5O10P2S/c1-29-11-14-8(12)5-9(15-11)16(3-13-5)10-7(18)6(17)4(25-10)2-24-28(22,23)26-27(19,20)21/h3-4,6-7,10,17-18H,2H2,1H3,(H,22,23)(H2,12,14,15)(H2,19,20,21). The van der Waals surface area contributed by atoms with E-state index < -0.39 is 46.8 Å². The van der Waals surface area contributed by atoms with Crippen LogP contribution in [0.25, 0.3) is 11.2 Å². The molecule has 0 spiro atoms. The summed E-state index contributed by atoms with van der Waals surface area (Å²) in [5.74, 6) is 0.0989. The van der Waals surface area contributed by atoms with Gasteiger partial charge < -0.3 is 35.4 Å². The molecule has 5 unspecified atom stereocenters. The number of fused-ring (bicyclic) bond motifs is 1. The van der Waals surface area contributed by atoms with Gasteiger partial charge in [-0.3, -0.25) is 9.09 Å². The molecule has 1 aliphatic rings. The molecule has 2 aromatic rings. The van der Waals surface area contributed by atoms with E-state index in [1.807, 2.05) is 0 Å². The number of nitrogens with zero attached hydrogens (tertiary/aromatic N) is 4. The highest BCUT2D eigenvalue weighted by atomic mass is 32.2. The second kappa shape index (κ2) is 8.17. The lowest BCUT2D eigenvalue weighted by Crippen LogP contribution is -2.33. The average molecular weight is 473 g/mol. The number of phosphoric acid groups is 2. The fourth-order valence-electron chi connectivity index (χ4n) is 2.62. The molecule has 15 nitrogen and oxygen atoms in total. The number of rotatable bonds is 7. The Labute approximate surface area is 166 Å². The Kier molecular flexibility index (Phi) is 6.34. The molecule has 0 radical (unpaired) electrons. The number of ether oxygens (including phenoxy) is 1. The summed E-state index contributed by atoms with van der Waals surface area (Å²) in [7, 11) is -10.4. The van der Waals surface area contributed by atoms with E-state index in [4.69, 9.17) is 20.3 Å². The van der Waals surface area contributed by atoms with E-state index in [1.165, 1.54) is 22.7 Å². The second-order valence-corrected chi connectivity index (χ2v) is 9.41. The van der Waals surface area contributed by atoms with Crippen LogP contribution in [0.1, 0.15) is 6.23 Å². The molecule has 162 valence electrons. The van der Waals surface area contributed by atoms with E-state index in [1.54, 1.807) is 6.26 Å². The number of aliphatic hydroxyl groups is 2. The molecule has 7 N–H and O–H groups in total. The van der Waals surface area contributed by atoms with E-state index in [-0.39, 0.29) is 17.0 Å². The zero-order valence-electron chi connectivity index (χ0n) is 14.5. The molecule has 1 aliphatic heterocycles. The van der Waals surface area contributed by atoms with Crippen molar-refractivity contribution in [3.05, 3.63) is 6.33 Å². The lowest BCUT2D eigenvalue weighted by atomic mass is 10.1. The SMILES string of the molecule is CSc1nc(N)c2ncn(C3OC(COP(=O)(O)OP(=O)(O)O)C(O)C3O)c2n1. The first-order valence-electron chi connectivity index (χ1n) is 7.71. The zero-order valence-corrected chi connectivity index (χ0v) is 17.1. The summed E-state index contributed by atoms with van der Waals surface area (Å²) in [6.45, 7) is -0.817. The predicted molar refractivity (Wildman–Crippen MR) is 96.3 cm³/mol. The van der Waals surface area contributed by atoms with Crippen LogP contribution in [0.4, 0.5) is 5.82 Å². The van der Waals surface area contributed by atoms with Crippen LogP contribution in [0.5, 0.6) is 0 Å². The minimum atomic E-state index is -5.30. The Morgan fingerprint density at radius 3 is 2.59 bits per heavy atom. The maximum atomic E-state index is 11.5. The predicted octanol–water partition coefficient (Wildman–Crippen LogP) is -1.02. The first-order valence-corrected chi connectivity index (χ1v) is 12.0. The molecule has 3 rings (SSSR count). The van der Waals surface area contributed by atoms with Crippen LogP contribution in [-0.4, -0.2) is 75.6 Å². The Bertz CT molecular complexity index is 1000. The number of hydrogen-bond acceptors (Lipinski definition) is 12. The quantitative estimate of drug-likeness (QED) is 0.160. The van der Waals surface area contributed by atoms with Crippen LogP contribution in [0.2, 0.25) is 0 Å². The monoisotopic (exact) mass is 473 g/mol. The van der Waals surface area contributed by atoms with Crippen molar-refractivity contribution in [2.24, 2.45) is 0 Å². The summed E-state index contributed by atoms with van der Waals surface area (Å²) in [4.78, 5) is 38.8. The van der Waals surface area contributed by atoms with Gasteiger partial charge in [0.2, 0.25) is 0 Å². The molecule has 0 aliphatic carbocycles. The van der Waals surface area contributed by atoms with Crippen LogP contribution in [0, 0.1) is 0 Å². The topological polar surface area (TPSA) is 233 Å². The van der Waals surface area contributed by atoms with Gasteiger partial charge in [-0.25, -0.2) is 24.1 Å². The smallest absolute Gasteiger partial charge is 0.387 e. The Hall–Kier alpha value is -1.16. The highest BCUT2D eigenvalue weighted by molar-refractivity contribution is 7.98. The van der Waals surface area contributed by atoms with E-state index in [0.29, 0.717) is 5.16 Å². The van der Waals surface area contributed by atoms with Gasteiger partial charge in [0.25, 0.3) is 0 Å². The third-order valence-corrected chi connectivity index (χ3v) is 6.53. The van der Waals surface area contributed by atoms with Gasteiger partial charge in [0.1, 0.15) is 23.8 Å². The molecule has 0 amide bonds. The van der Waals surface area contributed by atoms with Crippen LogP contribution < -0.4 is 5.73 Å². The zero-order chi connectivity index (χ0) is 21.6. The largest absolute Gasteiger partial charge is 0.481 e. The number of aliphatic hydroxyl groups excluding tert-OH is 2. The van der Waals surface area contributed by atoms with Crippen molar-refractivity contribution in [1.82, 2.24) is 19.5 Å². The van der Waals surface area contributed by atoms with Gasteiger partial charge in [-0.1, -0.05) is 11.8 Å². The van der Waals surface area contributed by atoms with Crippen LogP contribution in [0.15, 0.2) is 11.5 Å². The van der Waals surface area contributed by atoms with Crippen molar-refractivity contribution < 1.29 is 47.6 Å². The second-order valence-electron chi connectivity index (χ2n) is 5.80. The molecule has 1 fully saturated rings. The normalized spacial score (nSPS) is 27.4. The summed E-state index contributed by atoms with van der Waals surface area (Å²) in [5, 5.41) is 20.8. The number of aromatic nitrogens is 4. The molecule has 0 saturated carbocycles. The third-order valence-electron chi connectivity index (χ3n) is 3.83. The summed E-state index contributed by atoms with van der Waals surface area (Å²) in [6, 6.07) is 0. The first-order chi connectivity index (χ1) is 13.4. The van der Waals surface area contributed by atoms with Crippen molar-refractivity contribution >= 4 is 44.4 Å². The van der Waals surface area contributed by atoms with E-state index in [2.05, 4.69) is 23.8 Å². The van der Waals surface area contributed by atoms with E-state index in [0.717, 1.165) is 0 Å². The fourth-order valence-corrected chi connectivity index (χ4v) is 4.58. The minimum absolute atomic E-state index is 0.0989. The van der Waals surface area contributed by atoms with Gasteiger partial charge in [0.15, 0.2) is 22.8 Å². The lowest BCUT2D eigenvalue weighted by Gasteiger charge is -2.17. The molecular weight excluding hydrogens is 456 g/mol. The number of thioether (sulfide) groups is 1. The molecule has 1 saturated heterocycles. The molecule has 5 atom stereocenters. The number of imidazole rings is 1. The Balaban J connectivity index is 1.80. The molecular formula is C11H17N5O10P2S. The van der Waals surface area contributed by atoms with Crippen LogP contribution in [-0.2, 0) is 22.7 Å². The maximum Gasteiger partial charge on any atom is 0.481 e. The summed E-state index contributed by atoms with van der Waals surface area (Å²) < 4.78 is 37.1. The molecule has 0 bridgehead atoms. The molecule has 29 heavy (non-hydrogen) atoms. The van der Waals surface area contributed by atoms with Gasteiger partial charge >= 0.3 is 15.6 Å². The number of hydrogen-bond donors (Lipinski definition) is 6. The van der Waals surface area contributed by atoms with Crippen molar-refractivity contribution in [1.29, 1.82) is 0 Å². The van der Waals surface area contributed by atoms with Crippen LogP contribution in [0.3, 0.4) is 0 Å². The third kappa shape index (κ3) is 4.95. The molecule has 2 aromatic heterocycles. The van der Waals surface area contributed by atoms with Gasteiger partial charge in [0, 0.05) is 0 Å². The lowest BCUT2D eigenvalue weighted by molar-refractivity contribution is -0.0503. The number of anilines is 1. The first kappa shape index (κ1) is 22.5. The van der Waals surface area contributed by atoms with Gasteiger partial charge in [0.05, 0.1) is 12.9 Å². The van der Waals surface area contributed by atoms with Crippen molar-refractivity contribution in [2.45, 2.75) is 29.7 Å². The maximum absolute atomic E-state index is 11.5. The summed E-state index contributed by atoms with van der Waals surface area (Å²) >= 11 is 1.22. The van der Waals surface area contributed by atoms with E-state index >= 15 is 0 Å². The Morgan fingerprint density at radius 2 is 1.97 bits per heavy atom. The van der Waals surface area contributed by atoms with Crippen molar-refractivity contribution in [3.63, 3.8) is 0 Å². The Morgan fingerprint density at radius 1 is 1.28 bits per heavy atom. The van der Waals surface area contributed by atoms with Gasteiger partial charge in [-0.15, -0.1) is 0 Å². The van der Waals surface area contributed by atoms with Crippen LogP contribution >= 0.6 is 27.4 Å². The number of phosphoric ester groups is 1. The highest BCUT2D eigenvalue weighted by Gasteiger charge is 2.46. The van der Waals surface area contributed by atoms with Crippen molar-refractivity contribution in [3.8, 4) is 0 Å². The average Bonchev–Trinajstić information content (AvgIpc) is 3.13. The number of nitrogens with two attached hydrogens (primary N) is 1. The van der Waals surface area contributed by atoms with Crippen molar-refractivity contribution in [2.75, 3.05) is 18.6 Å². The highest BCUT2D eigenvalue weighted by Crippen LogP contribution is 2.57. The fraction of sp³-hybridized carbons (Fsp3) is 0.545. The summed E-state index contributed by atoms with van der Waals surface area (Å²) in [5.41, 5.74) is 6.29. The van der Waals surface area contributed by atoms with E-state index in [9.17, 15) is 24.2 Å². The molecule has 18 heteroatoms.